The number of amidine groups is 1. The molecule has 1 heterocycles. The van der Waals surface area contributed by atoms with E-state index in [1.54, 1.807) is 11.8 Å². The third kappa shape index (κ3) is 4.15. The van der Waals surface area contributed by atoms with E-state index in [9.17, 15) is 8.42 Å². The summed E-state index contributed by atoms with van der Waals surface area (Å²) in [4.78, 5) is 2.01. The Bertz CT molecular complexity index is 370. The van der Waals surface area contributed by atoms with Gasteiger partial charge in [0.2, 0.25) is 0 Å². The standard InChI is InChI=1S/C10H21N3O2S2/c1-3-8(6-9(11)12)13-4-5-16-7-10(13)17(2,14)15/h8,10H,3-7H2,1-2H3,(H3,11,12). The van der Waals surface area contributed by atoms with Gasteiger partial charge in [-0.3, -0.25) is 10.3 Å². The van der Waals surface area contributed by atoms with Gasteiger partial charge in [0.1, 0.15) is 5.37 Å². The summed E-state index contributed by atoms with van der Waals surface area (Å²) in [5.74, 6) is 1.69. The minimum absolute atomic E-state index is 0.0631. The average molecular weight is 279 g/mol. The van der Waals surface area contributed by atoms with Crippen LogP contribution in [0.4, 0.5) is 0 Å². The second-order valence-electron chi connectivity index (χ2n) is 4.39. The predicted octanol–water partition coefficient (Wildman–Crippen LogP) is 0.511. The monoisotopic (exact) mass is 279 g/mol. The Labute approximate surface area is 108 Å². The molecule has 0 aromatic rings. The zero-order valence-electron chi connectivity index (χ0n) is 10.3. The molecule has 0 aliphatic carbocycles. The number of hydrogen-bond donors (Lipinski definition) is 2. The predicted molar refractivity (Wildman–Crippen MR) is 73.3 cm³/mol. The zero-order chi connectivity index (χ0) is 13.1. The number of sulfone groups is 1. The van der Waals surface area contributed by atoms with E-state index < -0.39 is 15.2 Å². The lowest BCUT2D eigenvalue weighted by Gasteiger charge is -2.39. The van der Waals surface area contributed by atoms with E-state index in [0.717, 1.165) is 18.7 Å². The fourth-order valence-corrected chi connectivity index (χ4v) is 5.08. The summed E-state index contributed by atoms with van der Waals surface area (Å²) in [6, 6.07) is 0.0631. The molecule has 1 saturated heterocycles. The van der Waals surface area contributed by atoms with Crippen LogP contribution in [0.2, 0.25) is 0 Å². The highest BCUT2D eigenvalue weighted by molar-refractivity contribution is 8.00. The van der Waals surface area contributed by atoms with Crippen LogP contribution in [0.25, 0.3) is 0 Å². The molecule has 3 N–H and O–H groups in total. The molecular formula is C10H21N3O2S2. The molecule has 0 spiro atoms. The molecule has 17 heavy (non-hydrogen) atoms. The third-order valence-electron chi connectivity index (χ3n) is 3.01. The summed E-state index contributed by atoms with van der Waals surface area (Å²) >= 11 is 1.67. The van der Waals surface area contributed by atoms with Crippen LogP contribution in [0.1, 0.15) is 19.8 Å². The average Bonchev–Trinajstić information content (AvgIpc) is 2.24. The number of thioether (sulfide) groups is 1. The first-order valence-corrected chi connectivity index (χ1v) is 8.82. The molecule has 0 aromatic carbocycles. The first-order chi connectivity index (χ1) is 7.86. The van der Waals surface area contributed by atoms with Crippen molar-refractivity contribution >= 4 is 27.4 Å². The van der Waals surface area contributed by atoms with E-state index in [0.29, 0.717) is 12.2 Å². The van der Waals surface area contributed by atoms with Gasteiger partial charge in [-0.05, 0) is 6.42 Å². The minimum Gasteiger partial charge on any atom is -0.388 e. The van der Waals surface area contributed by atoms with E-state index in [4.69, 9.17) is 11.1 Å². The van der Waals surface area contributed by atoms with Crippen molar-refractivity contribution in [1.29, 1.82) is 5.41 Å². The van der Waals surface area contributed by atoms with Gasteiger partial charge in [0.15, 0.2) is 9.84 Å². The fraction of sp³-hybridized carbons (Fsp3) is 0.900. The van der Waals surface area contributed by atoms with Gasteiger partial charge in [-0.25, -0.2) is 8.42 Å². The van der Waals surface area contributed by atoms with Crippen LogP contribution < -0.4 is 5.73 Å². The van der Waals surface area contributed by atoms with Gasteiger partial charge in [0, 0.05) is 36.8 Å². The quantitative estimate of drug-likeness (QED) is 0.565. The number of hydrogen-bond acceptors (Lipinski definition) is 5. The van der Waals surface area contributed by atoms with E-state index in [1.807, 2.05) is 11.8 Å². The van der Waals surface area contributed by atoms with Crippen molar-refractivity contribution in [3.8, 4) is 0 Å². The maximum absolute atomic E-state index is 11.8. The van der Waals surface area contributed by atoms with Crippen molar-refractivity contribution in [2.45, 2.75) is 31.2 Å². The molecule has 0 bridgehead atoms. The number of nitrogens with two attached hydrogens (primary N) is 1. The Morgan fingerprint density at radius 3 is 2.76 bits per heavy atom. The second kappa shape index (κ2) is 6.06. The molecule has 0 radical (unpaired) electrons. The van der Waals surface area contributed by atoms with Crippen LogP contribution in [-0.2, 0) is 9.84 Å². The van der Waals surface area contributed by atoms with Crippen molar-refractivity contribution in [2.75, 3.05) is 24.3 Å². The summed E-state index contributed by atoms with van der Waals surface area (Å²) in [6.45, 7) is 2.77. The first-order valence-electron chi connectivity index (χ1n) is 5.71. The molecule has 1 aliphatic heterocycles. The van der Waals surface area contributed by atoms with Gasteiger partial charge in [-0.15, -0.1) is 0 Å². The van der Waals surface area contributed by atoms with Gasteiger partial charge in [0.05, 0.1) is 5.84 Å². The van der Waals surface area contributed by atoms with Crippen molar-refractivity contribution in [3.05, 3.63) is 0 Å². The highest BCUT2D eigenvalue weighted by Gasteiger charge is 2.34. The Balaban J connectivity index is 2.86. The largest absolute Gasteiger partial charge is 0.388 e. The van der Waals surface area contributed by atoms with Crippen LogP contribution in [0.3, 0.4) is 0 Å². The Kier molecular flexibility index (Phi) is 5.27. The summed E-state index contributed by atoms with van der Waals surface area (Å²) in [5, 5.41) is 6.94. The van der Waals surface area contributed by atoms with Crippen molar-refractivity contribution in [3.63, 3.8) is 0 Å². The molecule has 0 amide bonds. The fourth-order valence-electron chi connectivity index (χ4n) is 2.13. The molecule has 1 aliphatic rings. The summed E-state index contributed by atoms with van der Waals surface area (Å²) in [5.41, 5.74) is 5.43. The number of rotatable bonds is 5. The lowest BCUT2D eigenvalue weighted by atomic mass is 10.1. The van der Waals surface area contributed by atoms with E-state index >= 15 is 0 Å². The topological polar surface area (TPSA) is 87.2 Å². The first kappa shape index (κ1) is 14.8. The number of nitrogens with zero attached hydrogens (tertiary/aromatic N) is 1. The van der Waals surface area contributed by atoms with Gasteiger partial charge in [-0.2, -0.15) is 11.8 Å². The molecule has 5 nitrogen and oxygen atoms in total. The van der Waals surface area contributed by atoms with Crippen molar-refractivity contribution in [1.82, 2.24) is 4.90 Å². The minimum atomic E-state index is -3.07. The molecule has 0 saturated carbocycles. The summed E-state index contributed by atoms with van der Waals surface area (Å²) in [7, 11) is -3.07. The Morgan fingerprint density at radius 2 is 2.29 bits per heavy atom. The molecule has 1 rings (SSSR count). The van der Waals surface area contributed by atoms with Gasteiger partial charge < -0.3 is 5.73 Å². The van der Waals surface area contributed by atoms with Crippen LogP contribution in [-0.4, -0.2) is 54.9 Å². The van der Waals surface area contributed by atoms with Gasteiger partial charge in [0.25, 0.3) is 0 Å². The zero-order valence-corrected chi connectivity index (χ0v) is 12.0. The SMILES string of the molecule is CCC(CC(=N)N)N1CCSCC1S(C)(=O)=O. The molecule has 100 valence electrons. The Morgan fingerprint density at radius 1 is 1.65 bits per heavy atom. The van der Waals surface area contributed by atoms with Gasteiger partial charge >= 0.3 is 0 Å². The van der Waals surface area contributed by atoms with Crippen molar-refractivity contribution < 1.29 is 8.42 Å². The van der Waals surface area contributed by atoms with Gasteiger partial charge in [-0.1, -0.05) is 6.92 Å². The lowest BCUT2D eigenvalue weighted by Crippen LogP contribution is -2.52. The van der Waals surface area contributed by atoms with E-state index in [2.05, 4.69) is 0 Å². The third-order valence-corrected chi connectivity index (χ3v) is 5.67. The van der Waals surface area contributed by atoms with Crippen LogP contribution in [0.5, 0.6) is 0 Å². The summed E-state index contributed by atoms with van der Waals surface area (Å²) < 4.78 is 23.5. The van der Waals surface area contributed by atoms with E-state index in [-0.39, 0.29) is 11.9 Å². The van der Waals surface area contributed by atoms with Crippen molar-refractivity contribution in [2.24, 2.45) is 5.73 Å². The lowest BCUT2D eigenvalue weighted by molar-refractivity contribution is 0.191. The maximum Gasteiger partial charge on any atom is 0.164 e. The maximum atomic E-state index is 11.8. The molecule has 2 atom stereocenters. The molecule has 7 heteroatoms. The second-order valence-corrected chi connectivity index (χ2v) is 7.74. The molecule has 1 fully saturated rings. The van der Waals surface area contributed by atoms with E-state index in [1.165, 1.54) is 6.26 Å². The molecule has 2 unspecified atom stereocenters. The molecule has 0 aromatic heterocycles. The molecular weight excluding hydrogens is 258 g/mol. The van der Waals surface area contributed by atoms with Crippen LogP contribution >= 0.6 is 11.8 Å². The highest BCUT2D eigenvalue weighted by atomic mass is 32.2. The number of nitrogens with one attached hydrogen (secondary N) is 1. The van der Waals surface area contributed by atoms with Crippen LogP contribution in [0.15, 0.2) is 0 Å². The Hall–Kier alpha value is -0.270. The van der Waals surface area contributed by atoms with Crippen LogP contribution in [0, 0.1) is 5.41 Å². The normalized spacial score (nSPS) is 24.5. The highest BCUT2D eigenvalue weighted by Crippen LogP contribution is 2.24. The summed E-state index contributed by atoms with van der Waals surface area (Å²) in [6.07, 6.45) is 2.56. The smallest absolute Gasteiger partial charge is 0.164 e.